The summed E-state index contributed by atoms with van der Waals surface area (Å²) in [7, 11) is 0. The molecule has 20 heavy (non-hydrogen) atoms. The number of nitrogens with one attached hydrogen (secondary N) is 1. The summed E-state index contributed by atoms with van der Waals surface area (Å²) in [4.78, 5) is 16.8. The first-order valence-electron chi connectivity index (χ1n) is 6.44. The van der Waals surface area contributed by atoms with Crippen LogP contribution in [0.25, 0.3) is 16.9 Å². The molecule has 0 saturated heterocycles. The molecule has 3 aromatic rings. The van der Waals surface area contributed by atoms with Gasteiger partial charge in [0.05, 0.1) is 5.69 Å². The molecule has 102 valence electrons. The fraction of sp³-hybridized carbons (Fsp3) is 0.200. The number of benzene rings is 1. The van der Waals surface area contributed by atoms with E-state index in [1.807, 2.05) is 24.4 Å². The summed E-state index contributed by atoms with van der Waals surface area (Å²) in [6, 6.07) is 8.89. The fourth-order valence-electron chi connectivity index (χ4n) is 2.23. The molecule has 1 aromatic carbocycles. The van der Waals surface area contributed by atoms with E-state index in [1.54, 1.807) is 6.07 Å². The maximum absolute atomic E-state index is 12.2. The van der Waals surface area contributed by atoms with Crippen LogP contribution in [0.15, 0.2) is 41.3 Å². The Kier molecular flexibility index (Phi) is 3.10. The van der Waals surface area contributed by atoms with Gasteiger partial charge in [-0.3, -0.25) is 9.89 Å². The zero-order valence-electron chi connectivity index (χ0n) is 11.2. The SMILES string of the molecule is CC(C)c1c[nH]n2c(=O)cc(-c3ccccc3Cl)nc12. The number of H-pyrrole nitrogens is 1. The molecule has 2 heterocycles. The number of aromatic amines is 1. The van der Waals surface area contributed by atoms with Crippen molar-refractivity contribution < 1.29 is 0 Å². The highest BCUT2D eigenvalue weighted by molar-refractivity contribution is 6.33. The van der Waals surface area contributed by atoms with E-state index in [0.29, 0.717) is 16.4 Å². The van der Waals surface area contributed by atoms with Crippen LogP contribution < -0.4 is 5.56 Å². The highest BCUT2D eigenvalue weighted by Crippen LogP contribution is 2.26. The Morgan fingerprint density at radius 2 is 2.05 bits per heavy atom. The number of halogens is 1. The zero-order chi connectivity index (χ0) is 14.3. The van der Waals surface area contributed by atoms with Crippen LogP contribution >= 0.6 is 11.6 Å². The first kappa shape index (κ1) is 12.9. The Hall–Kier alpha value is -2.07. The second kappa shape index (κ2) is 4.80. The van der Waals surface area contributed by atoms with Crippen LogP contribution in [0.1, 0.15) is 25.3 Å². The van der Waals surface area contributed by atoms with E-state index < -0.39 is 0 Å². The second-order valence-corrected chi connectivity index (χ2v) is 5.41. The van der Waals surface area contributed by atoms with Gasteiger partial charge in [0.25, 0.3) is 5.56 Å². The van der Waals surface area contributed by atoms with Crippen molar-refractivity contribution in [2.24, 2.45) is 0 Å². The molecule has 4 nitrogen and oxygen atoms in total. The smallest absolute Gasteiger partial charge is 0.273 e. The lowest BCUT2D eigenvalue weighted by molar-refractivity contribution is 0.870. The molecule has 1 N–H and O–H groups in total. The summed E-state index contributed by atoms with van der Waals surface area (Å²) in [6.07, 6.45) is 1.82. The number of nitrogens with zero attached hydrogens (tertiary/aromatic N) is 2. The first-order valence-corrected chi connectivity index (χ1v) is 6.81. The maximum Gasteiger partial charge on any atom is 0.273 e. The third kappa shape index (κ3) is 2.02. The monoisotopic (exact) mass is 287 g/mol. The van der Waals surface area contributed by atoms with Crippen molar-refractivity contribution in [3.63, 3.8) is 0 Å². The van der Waals surface area contributed by atoms with E-state index in [1.165, 1.54) is 10.6 Å². The van der Waals surface area contributed by atoms with Crippen LogP contribution in [0.5, 0.6) is 0 Å². The summed E-state index contributed by atoms with van der Waals surface area (Å²) in [5, 5.41) is 3.53. The molecule has 3 rings (SSSR count). The molecule has 0 fully saturated rings. The van der Waals surface area contributed by atoms with E-state index in [9.17, 15) is 4.79 Å². The van der Waals surface area contributed by atoms with E-state index in [0.717, 1.165) is 11.1 Å². The van der Waals surface area contributed by atoms with Gasteiger partial charge in [-0.15, -0.1) is 0 Å². The molecular formula is C15H14ClN3O. The molecular weight excluding hydrogens is 274 g/mol. The van der Waals surface area contributed by atoms with E-state index in [4.69, 9.17) is 11.6 Å². The van der Waals surface area contributed by atoms with Gasteiger partial charge in [-0.25, -0.2) is 9.50 Å². The molecule has 0 saturated carbocycles. The predicted octanol–water partition coefficient (Wildman–Crippen LogP) is 3.47. The summed E-state index contributed by atoms with van der Waals surface area (Å²) in [5.41, 5.74) is 2.89. The summed E-state index contributed by atoms with van der Waals surface area (Å²) in [5.74, 6) is 0.282. The van der Waals surface area contributed by atoms with Gasteiger partial charge >= 0.3 is 0 Å². The van der Waals surface area contributed by atoms with Gasteiger partial charge in [0.2, 0.25) is 0 Å². The molecule has 0 aliphatic carbocycles. The molecule has 5 heteroatoms. The average Bonchev–Trinajstić information content (AvgIpc) is 2.83. The third-order valence-corrected chi connectivity index (χ3v) is 3.63. The Morgan fingerprint density at radius 3 is 2.75 bits per heavy atom. The number of aromatic nitrogens is 3. The topological polar surface area (TPSA) is 50.2 Å². The van der Waals surface area contributed by atoms with Gasteiger partial charge in [0.1, 0.15) is 0 Å². The quantitative estimate of drug-likeness (QED) is 0.784. The van der Waals surface area contributed by atoms with Crippen molar-refractivity contribution >= 4 is 17.2 Å². The Labute approximate surface area is 121 Å². The number of hydrogen-bond donors (Lipinski definition) is 1. The molecule has 0 aliphatic rings. The molecule has 0 radical (unpaired) electrons. The van der Waals surface area contributed by atoms with Crippen LogP contribution in [-0.4, -0.2) is 14.6 Å². The average molecular weight is 288 g/mol. The van der Waals surface area contributed by atoms with Crippen molar-refractivity contribution in [2.45, 2.75) is 19.8 Å². The summed E-state index contributed by atoms with van der Waals surface area (Å²) < 4.78 is 1.45. The molecule has 2 aromatic heterocycles. The molecule has 0 aliphatic heterocycles. The minimum atomic E-state index is -0.142. The number of hydrogen-bond acceptors (Lipinski definition) is 2. The lowest BCUT2D eigenvalue weighted by atomic mass is 10.1. The lowest BCUT2D eigenvalue weighted by Crippen LogP contribution is -2.14. The first-order chi connectivity index (χ1) is 9.58. The van der Waals surface area contributed by atoms with Crippen molar-refractivity contribution in [3.05, 3.63) is 57.5 Å². The Bertz CT molecular complexity index is 832. The van der Waals surface area contributed by atoms with Gasteiger partial charge in [0.15, 0.2) is 5.65 Å². The van der Waals surface area contributed by atoms with E-state index in [-0.39, 0.29) is 11.5 Å². The van der Waals surface area contributed by atoms with Crippen LogP contribution in [-0.2, 0) is 0 Å². The minimum absolute atomic E-state index is 0.142. The normalized spacial score (nSPS) is 11.4. The van der Waals surface area contributed by atoms with Gasteiger partial charge in [-0.05, 0) is 12.0 Å². The van der Waals surface area contributed by atoms with Gasteiger partial charge in [-0.2, -0.15) is 0 Å². The fourth-order valence-corrected chi connectivity index (χ4v) is 2.46. The van der Waals surface area contributed by atoms with Gasteiger partial charge in [-0.1, -0.05) is 43.6 Å². The van der Waals surface area contributed by atoms with Gasteiger partial charge in [0, 0.05) is 28.4 Å². The van der Waals surface area contributed by atoms with Crippen molar-refractivity contribution in [1.29, 1.82) is 0 Å². The predicted molar refractivity (Wildman–Crippen MR) is 80.3 cm³/mol. The largest absolute Gasteiger partial charge is 0.297 e. The maximum atomic E-state index is 12.2. The van der Waals surface area contributed by atoms with E-state index in [2.05, 4.69) is 23.9 Å². The number of fused-ring (bicyclic) bond motifs is 1. The van der Waals surface area contributed by atoms with Crippen molar-refractivity contribution in [3.8, 4) is 11.3 Å². The number of rotatable bonds is 2. The van der Waals surface area contributed by atoms with E-state index >= 15 is 0 Å². The van der Waals surface area contributed by atoms with Crippen LogP contribution in [0.2, 0.25) is 5.02 Å². The molecule has 0 atom stereocenters. The van der Waals surface area contributed by atoms with Crippen LogP contribution in [0, 0.1) is 0 Å². The third-order valence-electron chi connectivity index (χ3n) is 3.30. The lowest BCUT2D eigenvalue weighted by Gasteiger charge is -2.05. The van der Waals surface area contributed by atoms with Crippen molar-refractivity contribution in [2.75, 3.05) is 0 Å². The molecule has 0 unspecified atom stereocenters. The highest BCUT2D eigenvalue weighted by atomic mass is 35.5. The molecule has 0 bridgehead atoms. The second-order valence-electron chi connectivity index (χ2n) is 5.00. The van der Waals surface area contributed by atoms with Gasteiger partial charge < -0.3 is 0 Å². The zero-order valence-corrected chi connectivity index (χ0v) is 12.0. The minimum Gasteiger partial charge on any atom is -0.297 e. The van der Waals surface area contributed by atoms with Crippen molar-refractivity contribution in [1.82, 2.24) is 14.6 Å². The standard InChI is InChI=1S/C15H14ClN3O/c1-9(2)11-8-17-19-14(20)7-13(18-15(11)19)10-5-3-4-6-12(10)16/h3-9,17H,1-2H3. The highest BCUT2D eigenvalue weighted by Gasteiger charge is 2.13. The summed E-state index contributed by atoms with van der Waals surface area (Å²) in [6.45, 7) is 4.13. The Morgan fingerprint density at radius 1 is 1.30 bits per heavy atom. The Balaban J connectivity index is 2.31. The molecule has 0 amide bonds. The summed E-state index contributed by atoms with van der Waals surface area (Å²) >= 11 is 6.18. The molecule has 0 spiro atoms. The van der Waals surface area contributed by atoms with Crippen LogP contribution in [0.4, 0.5) is 0 Å². The van der Waals surface area contributed by atoms with Crippen LogP contribution in [0.3, 0.4) is 0 Å².